The van der Waals surface area contributed by atoms with Crippen LogP contribution in [0.5, 0.6) is 0 Å². The number of aryl methyl sites for hydroxylation is 1. The molecule has 0 radical (unpaired) electrons. The fourth-order valence-electron chi connectivity index (χ4n) is 13.1. The second-order valence-electron chi connectivity index (χ2n) is 27.1. The molecule has 30 nitrogen and oxygen atoms in total. The number of aromatic nitrogens is 1. The smallest absolute Gasteiger partial charge is 0.329 e. The molecule has 0 spiro atoms. The molecule has 2 aromatic rings. The molecule has 6 heterocycles. The van der Waals surface area contributed by atoms with Crippen molar-refractivity contribution in [1.82, 2.24) is 55.7 Å². The second-order valence-corrected chi connectivity index (χ2v) is 27.1. The van der Waals surface area contributed by atoms with Crippen LogP contribution in [-0.4, -0.2) is 220 Å². The molecule has 1 aromatic heterocycles. The number of nitrogens with one attached hydrogen (secondary N) is 5. The number of cyclic esters (lactones) is 2. The molecule has 0 bridgehead atoms. The van der Waals surface area contributed by atoms with E-state index in [-0.39, 0.29) is 66.2 Å². The summed E-state index contributed by atoms with van der Waals surface area (Å²) < 4.78 is 24.2. The number of carbonyl (C=O) groups excluding carboxylic acids is 12. The molecule has 8 rings (SSSR count). The number of hydrogen-bond acceptors (Lipinski definition) is 20. The van der Waals surface area contributed by atoms with Crippen LogP contribution in [0.3, 0.4) is 0 Å². The fraction of sp³-hybridized carbons (Fsp3) is 0.582. The minimum atomic E-state index is -1.91. The molecule has 526 valence electrons. The Morgan fingerprint density at radius 2 is 1.11 bits per heavy atom. The summed E-state index contributed by atoms with van der Waals surface area (Å²) in [4.78, 5) is 202. The van der Waals surface area contributed by atoms with Crippen molar-refractivity contribution in [2.75, 3.05) is 65.4 Å². The summed E-state index contributed by atoms with van der Waals surface area (Å²) >= 11 is 0. The highest BCUT2D eigenvalue weighted by molar-refractivity contribution is 6.11. The van der Waals surface area contributed by atoms with Gasteiger partial charge in [-0.25, -0.2) is 14.6 Å². The van der Waals surface area contributed by atoms with Gasteiger partial charge >= 0.3 is 11.9 Å². The molecule has 0 saturated carbocycles. The van der Waals surface area contributed by atoms with Gasteiger partial charge < -0.3 is 80.0 Å². The van der Waals surface area contributed by atoms with Crippen LogP contribution in [0.2, 0.25) is 0 Å². The van der Waals surface area contributed by atoms with Gasteiger partial charge in [-0.05, 0) is 95.2 Å². The lowest BCUT2D eigenvalue weighted by molar-refractivity contribution is -0.163. The monoisotopic (exact) mass is 1350 g/mol. The Kier molecular flexibility index (Phi) is 22.5. The van der Waals surface area contributed by atoms with Gasteiger partial charge in [0.1, 0.15) is 77.5 Å². The van der Waals surface area contributed by atoms with Crippen molar-refractivity contribution in [3.8, 4) is 11.5 Å². The van der Waals surface area contributed by atoms with Gasteiger partial charge in [-0.15, -0.1) is 0 Å². The standard InChI is InChI=1S/C67H91N13O17/c1-30(2)47-64(90)79-23-17-21-41(79)62(88)75(13)28-43(81)77(15)53(32(5)6)66(92)95-36(11)49(60(86)71-47)73-58(84)39-26-40(69-27-38-20-19-25-94-38)34(9)56-51(39)70-52-45(46(68)55(83)35(10)57(52)97-56)59(85)74-50-37(12)96-67(93)54(33(7)8)78(16)44(82)29-76(14)63(89)42-22-18-24-80(42)65(91)48(31(3)4)72-61(50)87/h19-20,25-26,30-33,36-37,41-42,47-50,53-54,69H,17-18,21-24,27-29,68H2,1-16H3,(H,71,86)(H,72,87)(H,73,84)(H,74,85)/t36-,37-,41+,42+,47-,48-,49+,50+,53+,54+/m1/s1. The van der Waals surface area contributed by atoms with Crippen molar-refractivity contribution in [1.29, 1.82) is 0 Å². The molecule has 30 heteroatoms. The lowest BCUT2D eigenvalue weighted by Gasteiger charge is -2.36. The maximum atomic E-state index is 15.6. The summed E-state index contributed by atoms with van der Waals surface area (Å²) in [5, 5.41) is 14.0. The third kappa shape index (κ3) is 15.0. The van der Waals surface area contributed by atoms with Crippen LogP contribution in [0, 0.1) is 37.5 Å². The van der Waals surface area contributed by atoms with E-state index in [0.29, 0.717) is 24.2 Å². The van der Waals surface area contributed by atoms with Gasteiger partial charge in [0.2, 0.25) is 52.7 Å². The number of ether oxygens (including phenoxy) is 2. The van der Waals surface area contributed by atoms with Gasteiger partial charge in [-0.3, -0.25) is 52.7 Å². The molecule has 5 aliphatic heterocycles. The molecule has 4 fully saturated rings. The number of hydrogen-bond donors (Lipinski definition) is 6. The van der Waals surface area contributed by atoms with Crippen LogP contribution >= 0.6 is 0 Å². The summed E-state index contributed by atoms with van der Waals surface area (Å²) in [6.45, 7) is 18.3. The number of benzene rings is 2. The first-order chi connectivity index (χ1) is 45.6. The normalized spacial score (nSPS) is 25.2. The SMILES string of the molecule is Cc1c2oc3c(C)c(NCc4ccco4)cc(C(=O)N[C@@H]4C(=O)N[C@H](C(C)C)C(=O)N5CCC[C@H]5C(=O)N(C)CC(=O)N(C)[C@@H](C(C)C)C(=O)O[C@@H]4C)c3nc-2c(C(=O)N[C@@H]2C(=O)N[C@H](C(C)C)C(=O)N3CCC[C@H]3C(=O)N(C)CC(=O)N(C)[C@@H](C(C)C)C(=O)O[C@@H]2C)c(N)c1=O. The molecule has 97 heavy (non-hydrogen) atoms. The van der Waals surface area contributed by atoms with Gasteiger partial charge in [-0.2, -0.15) is 0 Å². The first kappa shape index (κ1) is 73.2. The van der Waals surface area contributed by atoms with Crippen LogP contribution in [0.4, 0.5) is 11.4 Å². The quantitative estimate of drug-likeness (QED) is 0.0710. The van der Waals surface area contributed by atoms with Crippen molar-refractivity contribution >= 4 is 93.5 Å². The Hall–Kier alpha value is -9.64. The van der Waals surface area contributed by atoms with E-state index >= 15 is 19.2 Å². The molecular weight excluding hydrogens is 1260 g/mol. The maximum absolute atomic E-state index is 15.6. The van der Waals surface area contributed by atoms with Gasteiger partial charge in [0.05, 0.1) is 42.7 Å². The number of esters is 2. The number of rotatable bonds is 11. The van der Waals surface area contributed by atoms with Crippen molar-refractivity contribution < 1.29 is 75.8 Å². The topological polar surface area (TPSA) is 385 Å². The zero-order chi connectivity index (χ0) is 71.7. The molecule has 0 unspecified atom stereocenters. The molecule has 7 N–H and O–H groups in total. The summed E-state index contributed by atoms with van der Waals surface area (Å²) in [6.07, 6.45) is -0.324. The van der Waals surface area contributed by atoms with Gasteiger partial charge in [0.15, 0.2) is 11.3 Å². The Balaban J connectivity index is 1.27. The highest BCUT2D eigenvalue weighted by Gasteiger charge is 2.47. The van der Waals surface area contributed by atoms with E-state index in [4.69, 9.17) is 29.0 Å². The Labute approximate surface area is 562 Å². The van der Waals surface area contributed by atoms with Crippen molar-refractivity contribution in [3.05, 3.63) is 62.7 Å². The number of likely N-dealkylation sites (N-methyl/N-ethyl adjacent to an activating group) is 4. The molecule has 6 aliphatic rings. The molecule has 10 amide bonds. The van der Waals surface area contributed by atoms with Crippen molar-refractivity contribution in [2.45, 2.75) is 176 Å². The number of nitrogens with two attached hydrogens (primary N) is 1. The van der Waals surface area contributed by atoms with Crippen molar-refractivity contribution in [2.24, 2.45) is 23.7 Å². The molecular formula is C67H91N13O17. The number of anilines is 2. The van der Waals surface area contributed by atoms with Crippen LogP contribution < -0.4 is 37.7 Å². The summed E-state index contributed by atoms with van der Waals surface area (Å²) in [7, 11) is 5.58. The first-order valence-corrected chi connectivity index (χ1v) is 32.8. The summed E-state index contributed by atoms with van der Waals surface area (Å²) in [5.41, 5.74) is 3.50. The van der Waals surface area contributed by atoms with Crippen LogP contribution in [0.1, 0.15) is 133 Å². The highest BCUT2D eigenvalue weighted by atomic mass is 16.6. The van der Waals surface area contributed by atoms with E-state index in [9.17, 15) is 43.2 Å². The molecule has 10 atom stereocenters. The zero-order valence-corrected chi connectivity index (χ0v) is 57.9. The lowest BCUT2D eigenvalue weighted by Crippen LogP contribution is -2.61. The fourth-order valence-corrected chi connectivity index (χ4v) is 13.1. The van der Waals surface area contributed by atoms with E-state index in [1.807, 2.05) is 0 Å². The number of nitrogen functional groups attached to an aromatic ring is 1. The Morgan fingerprint density at radius 1 is 0.649 bits per heavy atom. The minimum Gasteiger partial charge on any atom is -0.467 e. The van der Waals surface area contributed by atoms with E-state index in [1.54, 1.807) is 74.4 Å². The average Bonchev–Trinajstić information content (AvgIpc) is 1.31. The predicted molar refractivity (Wildman–Crippen MR) is 352 cm³/mol. The van der Waals surface area contributed by atoms with E-state index in [0.717, 1.165) is 9.80 Å². The van der Waals surface area contributed by atoms with E-state index < -0.39 is 191 Å². The number of nitrogens with zero attached hydrogens (tertiary/aromatic N) is 7. The van der Waals surface area contributed by atoms with Crippen LogP contribution in [-0.2, 0) is 64.0 Å². The van der Waals surface area contributed by atoms with Gasteiger partial charge in [-0.1, -0.05) is 55.4 Å². The molecule has 4 saturated heterocycles. The number of amides is 10. The number of furan rings is 1. The molecule has 1 aliphatic carbocycles. The minimum absolute atomic E-state index is 0.0416. The predicted octanol–water partition coefficient (Wildman–Crippen LogP) is 1.93. The summed E-state index contributed by atoms with van der Waals surface area (Å²) in [6, 6.07) is -6.23. The Bertz CT molecular complexity index is 3790. The number of carbonyl (C=O) groups is 12. The van der Waals surface area contributed by atoms with E-state index in [1.165, 1.54) is 80.9 Å². The van der Waals surface area contributed by atoms with Crippen molar-refractivity contribution in [3.63, 3.8) is 0 Å². The second kappa shape index (κ2) is 29.8. The van der Waals surface area contributed by atoms with Gasteiger partial charge in [0.25, 0.3) is 11.8 Å². The summed E-state index contributed by atoms with van der Waals surface area (Å²) in [5.74, 6) is -12.2. The first-order valence-electron chi connectivity index (χ1n) is 32.8. The zero-order valence-electron chi connectivity index (χ0n) is 57.9. The number of fused-ring (bicyclic) bond motifs is 4. The van der Waals surface area contributed by atoms with E-state index in [2.05, 4.69) is 26.6 Å². The lowest BCUT2D eigenvalue weighted by atomic mass is 9.98. The highest BCUT2D eigenvalue weighted by Crippen LogP contribution is 2.38. The third-order valence-electron chi connectivity index (χ3n) is 18.7. The molecule has 1 aromatic carbocycles. The van der Waals surface area contributed by atoms with Gasteiger partial charge in [0, 0.05) is 58.1 Å². The third-order valence-corrected chi connectivity index (χ3v) is 18.7. The maximum Gasteiger partial charge on any atom is 0.329 e. The van der Waals surface area contributed by atoms with Crippen LogP contribution in [0.25, 0.3) is 22.6 Å². The van der Waals surface area contributed by atoms with Crippen LogP contribution in [0.15, 0.2) is 38.1 Å². The average molecular weight is 1350 g/mol. The Morgan fingerprint density at radius 3 is 1.55 bits per heavy atom. The largest absolute Gasteiger partial charge is 0.467 e.